The molecule has 1 unspecified atom stereocenters. The zero-order valence-corrected chi connectivity index (χ0v) is 39.7. The molecule has 3 aromatic carbocycles. The summed E-state index contributed by atoms with van der Waals surface area (Å²) in [6, 6.07) is 17.4. The number of hydrogen-bond donors (Lipinski definition) is 4. The number of ether oxygens (including phenoxy) is 1. The largest absolute Gasteiger partial charge is 0.507 e. The highest BCUT2D eigenvalue weighted by molar-refractivity contribution is 7.59. The maximum atomic E-state index is 14.7. The van der Waals surface area contributed by atoms with Crippen LogP contribution in [0.2, 0.25) is 0 Å². The molecule has 0 radical (unpaired) electrons. The number of benzene rings is 3. The second-order valence-corrected chi connectivity index (χ2v) is 17.9. The van der Waals surface area contributed by atoms with Crippen molar-refractivity contribution >= 4 is 42.7 Å². The van der Waals surface area contributed by atoms with Gasteiger partial charge in [0, 0.05) is 67.8 Å². The fourth-order valence-electron chi connectivity index (χ4n) is 8.13. The molecule has 0 fully saturated rings. The van der Waals surface area contributed by atoms with Gasteiger partial charge in [-0.2, -0.15) is 18.8 Å². The van der Waals surface area contributed by atoms with Crippen LogP contribution in [-0.2, 0) is 31.0 Å². The summed E-state index contributed by atoms with van der Waals surface area (Å²) in [6.45, 7) is 13.5. The molecule has 65 heavy (non-hydrogen) atoms. The Labute approximate surface area is 389 Å². The highest BCUT2D eigenvalue weighted by Gasteiger charge is 2.36. The van der Waals surface area contributed by atoms with Crippen LogP contribution in [0.5, 0.6) is 11.5 Å². The van der Waals surface area contributed by atoms with E-state index in [1.807, 2.05) is 30.3 Å². The number of nitrogens with zero attached hydrogens (tertiary/aromatic N) is 4. The first-order chi connectivity index (χ1) is 30.3. The van der Waals surface area contributed by atoms with E-state index >= 15 is 0 Å². The van der Waals surface area contributed by atoms with Crippen LogP contribution in [0.4, 0.5) is 0 Å². The van der Waals surface area contributed by atoms with Gasteiger partial charge in [-0.15, -0.1) is 0 Å². The number of likely N-dealkylation sites (N-methyl/N-ethyl adjacent to an activating group) is 1. The van der Waals surface area contributed by atoms with Crippen LogP contribution >= 0.6 is 13.5 Å². The van der Waals surface area contributed by atoms with Crippen molar-refractivity contribution < 1.29 is 33.8 Å². The van der Waals surface area contributed by atoms with Crippen molar-refractivity contribution in [2.45, 2.75) is 111 Å². The molecule has 4 aromatic rings. The van der Waals surface area contributed by atoms with Crippen molar-refractivity contribution in [3.8, 4) is 40.1 Å². The predicted octanol–water partition coefficient (Wildman–Crippen LogP) is 6.52. The summed E-state index contributed by atoms with van der Waals surface area (Å²) in [4.78, 5) is 81.3. The molecule has 6 N–H and O–H groups in total. The summed E-state index contributed by atoms with van der Waals surface area (Å²) < 4.78 is 6.19. The summed E-state index contributed by atoms with van der Waals surface area (Å²) in [5, 5.41) is 23.4. The lowest BCUT2D eigenvalue weighted by Crippen LogP contribution is -2.46. The fourth-order valence-corrected chi connectivity index (χ4v) is 8.13. The van der Waals surface area contributed by atoms with Crippen molar-refractivity contribution in [2.75, 3.05) is 20.1 Å². The Hall–Kier alpha value is -5.95. The van der Waals surface area contributed by atoms with E-state index < -0.39 is 47.6 Å². The van der Waals surface area contributed by atoms with E-state index in [1.165, 1.54) is 18.0 Å². The van der Waals surface area contributed by atoms with Gasteiger partial charge in [-0.3, -0.25) is 24.0 Å². The molecule has 1 aliphatic heterocycles. The Morgan fingerprint density at radius 2 is 1.65 bits per heavy atom. The normalized spacial score (nSPS) is 17.3. The number of phenols is 1. The number of Topliss-reactive ketones (excluding diaryl/α,β-unsaturated/α-hetero) is 3. The maximum absolute atomic E-state index is 14.7. The SMILES string of the molecule is Cc1nc(-c2ccc(C(C)(C)C)cc2)nc(C)c1C(=O)C[C@@H](CCN)C(=O)N(C)[C@@H]1C(=O)C[C@@H](C)C(=O)N[C@H](C(=O)CCC#N)Cc2ccc(OC(C)CN)c(c2)-c2cc1ccc2O.S. The minimum atomic E-state index is -1.28. The van der Waals surface area contributed by atoms with E-state index in [9.17, 15) is 34.3 Å². The Bertz CT molecular complexity index is 2420. The number of nitrogens with one attached hydrogen (secondary N) is 1. The number of aromatic hydroxyl groups is 1. The van der Waals surface area contributed by atoms with Gasteiger partial charge in [0.25, 0.3) is 0 Å². The predicted molar refractivity (Wildman–Crippen MR) is 255 cm³/mol. The van der Waals surface area contributed by atoms with Crippen molar-refractivity contribution in [2.24, 2.45) is 23.3 Å². The minimum absolute atomic E-state index is 0. The number of aromatic nitrogens is 2. The van der Waals surface area contributed by atoms with Crippen molar-refractivity contribution in [1.82, 2.24) is 20.2 Å². The smallest absolute Gasteiger partial charge is 0.226 e. The standard InChI is InChI=1S/C50H61N7O7.H2S/c1-28-22-43(61)46(57(8)49(63)35(19-21-52)26-42(60)45-30(3)54-47(55-31(45)4)33-12-15-36(16-13-33)50(5,6)7)34-14-17-40(58)37(25-34)38-23-32(11-18-44(38)64-29(2)27-53)24-39(56-48(28)62)41(59)10-9-20-51;/h11-18,23,25,28-29,35,39,46,58H,9-10,19,21-22,24,26-27,52-53H2,1-8H3,(H,56,62);1H2/t28-,29?,35-,39+,46+;/m1./s1. The third-order valence-electron chi connectivity index (χ3n) is 11.8. The summed E-state index contributed by atoms with van der Waals surface area (Å²) >= 11 is 0. The first-order valence-electron chi connectivity index (χ1n) is 21.8. The quantitative estimate of drug-likeness (QED) is 0.0992. The number of aryl methyl sites for hydroxylation is 2. The molecule has 5 atom stereocenters. The molecule has 0 saturated carbocycles. The second kappa shape index (κ2) is 22.3. The van der Waals surface area contributed by atoms with E-state index in [2.05, 4.69) is 26.1 Å². The van der Waals surface area contributed by atoms with Crippen molar-refractivity contribution in [1.29, 1.82) is 5.26 Å². The van der Waals surface area contributed by atoms with E-state index in [0.717, 1.165) is 11.1 Å². The van der Waals surface area contributed by atoms with Gasteiger partial charge >= 0.3 is 0 Å². The Morgan fingerprint density at radius 1 is 0.985 bits per heavy atom. The molecule has 4 bridgehead atoms. The number of nitriles is 1. The first kappa shape index (κ1) is 51.7. The zero-order valence-electron chi connectivity index (χ0n) is 38.7. The van der Waals surface area contributed by atoms with Crippen LogP contribution < -0.4 is 21.5 Å². The molecule has 15 heteroatoms. The lowest BCUT2D eigenvalue weighted by Gasteiger charge is -2.32. The van der Waals surface area contributed by atoms with Gasteiger partial charge < -0.3 is 31.5 Å². The minimum Gasteiger partial charge on any atom is -0.507 e. The van der Waals surface area contributed by atoms with Crippen LogP contribution in [0.15, 0.2) is 60.7 Å². The van der Waals surface area contributed by atoms with Crippen LogP contribution in [0, 0.1) is 37.0 Å². The lowest BCUT2D eigenvalue weighted by molar-refractivity contribution is -0.142. The van der Waals surface area contributed by atoms with Crippen LogP contribution in [0.25, 0.3) is 22.5 Å². The molecular formula is C50H63N7O7S. The van der Waals surface area contributed by atoms with Gasteiger partial charge in [0.05, 0.1) is 29.1 Å². The molecule has 346 valence electrons. The Morgan fingerprint density at radius 3 is 2.25 bits per heavy atom. The molecular weight excluding hydrogens is 843 g/mol. The number of ketones is 3. The number of amides is 2. The van der Waals surface area contributed by atoms with E-state index in [0.29, 0.717) is 45.2 Å². The van der Waals surface area contributed by atoms with E-state index in [-0.39, 0.29) is 93.4 Å². The summed E-state index contributed by atoms with van der Waals surface area (Å²) in [5.74, 6) is -3.46. The van der Waals surface area contributed by atoms with Crippen LogP contribution in [0.3, 0.4) is 0 Å². The van der Waals surface area contributed by atoms with E-state index in [1.54, 1.807) is 58.0 Å². The van der Waals surface area contributed by atoms with Gasteiger partial charge in [-0.25, -0.2) is 9.97 Å². The number of rotatable bonds is 14. The topological polar surface area (TPSA) is 232 Å². The zero-order chi connectivity index (χ0) is 47.0. The average Bonchev–Trinajstić information content (AvgIpc) is 3.25. The van der Waals surface area contributed by atoms with Crippen LogP contribution in [-0.4, -0.2) is 81.4 Å². The van der Waals surface area contributed by atoms with Gasteiger partial charge in [-0.05, 0) is 86.5 Å². The number of hydrogen-bond acceptors (Lipinski definition) is 12. The summed E-state index contributed by atoms with van der Waals surface area (Å²) in [5.41, 5.74) is 16.8. The molecule has 1 aromatic heterocycles. The van der Waals surface area contributed by atoms with Gasteiger partial charge in [0.15, 0.2) is 23.2 Å². The molecule has 2 heterocycles. The molecule has 14 nitrogen and oxygen atoms in total. The third-order valence-corrected chi connectivity index (χ3v) is 11.8. The third kappa shape index (κ3) is 12.4. The lowest BCUT2D eigenvalue weighted by atomic mass is 9.86. The van der Waals surface area contributed by atoms with E-state index in [4.69, 9.17) is 26.2 Å². The molecule has 0 aliphatic carbocycles. The molecule has 5 rings (SSSR count). The average molecular weight is 906 g/mol. The van der Waals surface area contributed by atoms with Gasteiger partial charge in [-0.1, -0.05) is 64.1 Å². The Balaban J connectivity index is 0.00000925. The van der Waals surface area contributed by atoms with Gasteiger partial charge in [0.2, 0.25) is 11.8 Å². The first-order valence-corrected chi connectivity index (χ1v) is 21.8. The number of carbonyl (C=O) groups is 5. The summed E-state index contributed by atoms with van der Waals surface area (Å²) in [7, 11) is 1.47. The second-order valence-electron chi connectivity index (χ2n) is 17.9. The number of fused-ring (bicyclic) bond motifs is 5. The van der Waals surface area contributed by atoms with Crippen LogP contribution in [0.1, 0.15) is 111 Å². The number of carbonyl (C=O) groups excluding carboxylic acids is 5. The van der Waals surface area contributed by atoms with Gasteiger partial charge in [0.1, 0.15) is 23.6 Å². The number of nitrogens with two attached hydrogens (primary N) is 2. The molecule has 0 saturated heterocycles. The highest BCUT2D eigenvalue weighted by atomic mass is 32.1. The number of phenolic OH excluding ortho intramolecular Hbond substituents is 1. The van der Waals surface area contributed by atoms with Crippen molar-refractivity contribution in [3.05, 3.63) is 94.3 Å². The van der Waals surface area contributed by atoms with Crippen molar-refractivity contribution in [3.63, 3.8) is 0 Å². The Kier molecular flexibility index (Phi) is 17.7. The summed E-state index contributed by atoms with van der Waals surface area (Å²) in [6.07, 6.45) is -0.924. The molecule has 0 spiro atoms. The fraction of sp³-hybridized carbons (Fsp3) is 0.440. The molecule has 2 amide bonds. The highest BCUT2D eigenvalue weighted by Crippen LogP contribution is 2.40. The monoisotopic (exact) mass is 905 g/mol. The maximum Gasteiger partial charge on any atom is 0.226 e. The molecule has 1 aliphatic rings.